The van der Waals surface area contributed by atoms with E-state index in [1.165, 1.54) is 27.1 Å². The van der Waals surface area contributed by atoms with Crippen LogP contribution in [-0.2, 0) is 0 Å². The van der Waals surface area contributed by atoms with Crippen LogP contribution in [0.2, 0.25) is 0 Å². The van der Waals surface area contributed by atoms with E-state index >= 15 is 0 Å². The molecular formula is C48H33N3. The monoisotopic (exact) mass is 651 g/mol. The first-order valence-electron chi connectivity index (χ1n) is 17.3. The lowest BCUT2D eigenvalue weighted by Crippen LogP contribution is -1.97. The van der Waals surface area contributed by atoms with Crippen molar-refractivity contribution in [2.45, 2.75) is 6.92 Å². The quantitative estimate of drug-likeness (QED) is 0.168. The van der Waals surface area contributed by atoms with E-state index in [0.29, 0.717) is 5.82 Å². The molecule has 0 atom stereocenters. The number of rotatable bonds is 6. The van der Waals surface area contributed by atoms with Crippen LogP contribution >= 0.6 is 0 Å². The molecular weight excluding hydrogens is 619 g/mol. The Bertz CT molecular complexity index is 2640. The third-order valence-electron chi connectivity index (χ3n) is 9.65. The van der Waals surface area contributed by atoms with Crippen molar-refractivity contribution in [3.8, 4) is 67.3 Å². The summed E-state index contributed by atoms with van der Waals surface area (Å²) >= 11 is 0. The van der Waals surface area contributed by atoms with Gasteiger partial charge in [-0.1, -0.05) is 133 Å². The van der Waals surface area contributed by atoms with Crippen LogP contribution in [0, 0.1) is 6.92 Å². The van der Waals surface area contributed by atoms with Crippen LogP contribution in [-0.4, -0.2) is 15.0 Å². The van der Waals surface area contributed by atoms with E-state index in [1.54, 1.807) is 0 Å². The van der Waals surface area contributed by atoms with E-state index in [-0.39, 0.29) is 0 Å². The van der Waals surface area contributed by atoms with Crippen LogP contribution < -0.4 is 0 Å². The van der Waals surface area contributed by atoms with Crippen molar-refractivity contribution in [2.75, 3.05) is 0 Å². The highest BCUT2D eigenvalue weighted by atomic mass is 14.9. The van der Waals surface area contributed by atoms with Crippen LogP contribution in [0.25, 0.3) is 88.8 Å². The van der Waals surface area contributed by atoms with Crippen molar-refractivity contribution in [1.82, 2.24) is 15.0 Å². The first-order valence-corrected chi connectivity index (χ1v) is 17.3. The largest absolute Gasteiger partial charge is 0.261 e. The summed E-state index contributed by atoms with van der Waals surface area (Å²) < 4.78 is 0. The third kappa shape index (κ3) is 5.85. The van der Waals surface area contributed by atoms with E-state index in [4.69, 9.17) is 9.97 Å². The lowest BCUT2D eigenvalue weighted by atomic mass is 9.90. The Morgan fingerprint density at radius 3 is 1.65 bits per heavy atom. The molecule has 0 aliphatic rings. The number of nitrogens with zero attached hydrogens (tertiary/aromatic N) is 3. The van der Waals surface area contributed by atoms with E-state index in [2.05, 4.69) is 170 Å². The standard InChI is InChI=1S/C48H33N3/c1-32-41(24-13-25-49-32)36-20-12-19-35(26-36)38-27-39(45-30-37-18-8-9-21-42(37)43-22-10-11-23-44(43)45)29-40(28-38)48-50-46(33-14-4-2-5-15-33)31-47(51-48)34-16-6-3-7-17-34/h2-31H,1H3. The van der Waals surface area contributed by atoms with E-state index in [1.807, 2.05) is 24.4 Å². The molecule has 9 rings (SSSR count). The van der Waals surface area contributed by atoms with Gasteiger partial charge in [-0.2, -0.15) is 0 Å². The molecule has 0 N–H and O–H groups in total. The number of hydrogen-bond acceptors (Lipinski definition) is 3. The molecule has 3 nitrogen and oxygen atoms in total. The van der Waals surface area contributed by atoms with Crippen molar-refractivity contribution in [3.05, 3.63) is 188 Å². The maximum absolute atomic E-state index is 5.24. The van der Waals surface area contributed by atoms with Crippen molar-refractivity contribution in [1.29, 1.82) is 0 Å². The molecule has 7 aromatic carbocycles. The Kier molecular flexibility index (Phi) is 7.71. The van der Waals surface area contributed by atoms with E-state index in [9.17, 15) is 0 Å². The number of hydrogen-bond donors (Lipinski definition) is 0. The van der Waals surface area contributed by atoms with Gasteiger partial charge in [0.15, 0.2) is 5.82 Å². The number of benzene rings is 7. The summed E-state index contributed by atoms with van der Waals surface area (Å²) in [5, 5.41) is 4.91. The molecule has 0 amide bonds. The number of aromatic nitrogens is 3. The number of fused-ring (bicyclic) bond motifs is 3. The minimum absolute atomic E-state index is 0.683. The Labute approximate surface area is 297 Å². The summed E-state index contributed by atoms with van der Waals surface area (Å²) in [5.41, 5.74) is 12.6. The minimum atomic E-state index is 0.683. The third-order valence-corrected chi connectivity index (χ3v) is 9.65. The molecule has 51 heavy (non-hydrogen) atoms. The molecule has 3 heteroatoms. The summed E-state index contributed by atoms with van der Waals surface area (Å²) in [6, 6.07) is 62.2. The molecule has 0 bridgehead atoms. The normalized spacial score (nSPS) is 11.2. The molecule has 0 saturated heterocycles. The maximum Gasteiger partial charge on any atom is 0.160 e. The molecule has 240 valence electrons. The molecule has 2 aromatic heterocycles. The zero-order valence-electron chi connectivity index (χ0n) is 28.2. The smallest absolute Gasteiger partial charge is 0.160 e. The molecule has 2 heterocycles. The van der Waals surface area contributed by atoms with Crippen molar-refractivity contribution >= 4 is 21.5 Å². The molecule has 0 saturated carbocycles. The van der Waals surface area contributed by atoms with Gasteiger partial charge in [0.25, 0.3) is 0 Å². The lowest BCUT2D eigenvalue weighted by molar-refractivity contribution is 1.18. The molecule has 0 aliphatic heterocycles. The first kappa shape index (κ1) is 30.4. The van der Waals surface area contributed by atoms with Gasteiger partial charge in [0.1, 0.15) is 0 Å². The van der Waals surface area contributed by atoms with Crippen molar-refractivity contribution in [2.24, 2.45) is 0 Å². The van der Waals surface area contributed by atoms with Crippen LogP contribution in [0.1, 0.15) is 5.69 Å². The summed E-state index contributed by atoms with van der Waals surface area (Å²) in [6.45, 7) is 2.06. The molecule has 0 unspecified atom stereocenters. The molecule has 0 aliphatic carbocycles. The second-order valence-electron chi connectivity index (χ2n) is 12.9. The predicted molar refractivity (Wildman–Crippen MR) is 212 cm³/mol. The zero-order chi connectivity index (χ0) is 34.1. The first-order chi connectivity index (χ1) is 25.2. The topological polar surface area (TPSA) is 38.7 Å². The van der Waals surface area contributed by atoms with Crippen molar-refractivity contribution < 1.29 is 0 Å². The Morgan fingerprint density at radius 2 is 0.922 bits per heavy atom. The van der Waals surface area contributed by atoms with E-state index in [0.717, 1.165) is 61.6 Å². The van der Waals surface area contributed by atoms with Crippen LogP contribution in [0.15, 0.2) is 182 Å². The number of pyridine rings is 1. The van der Waals surface area contributed by atoms with E-state index < -0.39 is 0 Å². The average Bonchev–Trinajstić information content (AvgIpc) is 3.21. The van der Waals surface area contributed by atoms with Gasteiger partial charge in [0, 0.05) is 34.1 Å². The van der Waals surface area contributed by atoms with Gasteiger partial charge in [-0.25, -0.2) is 9.97 Å². The fourth-order valence-electron chi connectivity index (χ4n) is 7.12. The summed E-state index contributed by atoms with van der Waals surface area (Å²) in [6.07, 6.45) is 1.85. The molecule has 0 fully saturated rings. The second-order valence-corrected chi connectivity index (χ2v) is 12.9. The van der Waals surface area contributed by atoms with Crippen molar-refractivity contribution in [3.63, 3.8) is 0 Å². The van der Waals surface area contributed by atoms with Gasteiger partial charge in [-0.3, -0.25) is 4.98 Å². The Hall–Kier alpha value is -6.71. The Morgan fingerprint density at radius 1 is 0.353 bits per heavy atom. The summed E-state index contributed by atoms with van der Waals surface area (Å²) in [7, 11) is 0. The van der Waals surface area contributed by atoms with Crippen LogP contribution in [0.4, 0.5) is 0 Å². The molecule has 0 radical (unpaired) electrons. The summed E-state index contributed by atoms with van der Waals surface area (Å²) in [4.78, 5) is 15.0. The molecule has 9 aromatic rings. The van der Waals surface area contributed by atoms with Gasteiger partial charge in [0.05, 0.1) is 11.4 Å². The maximum atomic E-state index is 5.24. The highest BCUT2D eigenvalue weighted by Gasteiger charge is 2.16. The zero-order valence-corrected chi connectivity index (χ0v) is 28.2. The predicted octanol–water partition coefficient (Wildman–Crippen LogP) is 12.5. The highest BCUT2D eigenvalue weighted by molar-refractivity contribution is 6.14. The Balaban J connectivity index is 1.31. The van der Waals surface area contributed by atoms with Gasteiger partial charge >= 0.3 is 0 Å². The van der Waals surface area contributed by atoms with Gasteiger partial charge < -0.3 is 0 Å². The summed E-state index contributed by atoms with van der Waals surface area (Å²) in [5.74, 6) is 0.683. The SMILES string of the molecule is Cc1ncccc1-c1cccc(-c2cc(-c3nc(-c4ccccc4)cc(-c4ccccc4)n3)cc(-c3cc4ccccc4c4ccccc34)c2)c1. The van der Waals surface area contributed by atoms with Gasteiger partial charge in [-0.05, 0) is 98.8 Å². The fraction of sp³-hybridized carbons (Fsp3) is 0.0208. The van der Waals surface area contributed by atoms with Gasteiger partial charge in [0.2, 0.25) is 0 Å². The fourth-order valence-corrected chi connectivity index (χ4v) is 7.12. The highest BCUT2D eigenvalue weighted by Crippen LogP contribution is 2.40. The number of aryl methyl sites for hydroxylation is 1. The second kappa shape index (κ2) is 13.0. The van der Waals surface area contributed by atoms with Crippen LogP contribution in [0.3, 0.4) is 0 Å². The van der Waals surface area contributed by atoms with Gasteiger partial charge in [-0.15, -0.1) is 0 Å². The minimum Gasteiger partial charge on any atom is -0.261 e. The van der Waals surface area contributed by atoms with Crippen LogP contribution in [0.5, 0.6) is 0 Å². The lowest BCUT2D eigenvalue weighted by Gasteiger charge is -2.16. The molecule has 0 spiro atoms. The average molecular weight is 652 g/mol.